The molecule has 1 saturated carbocycles. The second kappa shape index (κ2) is 6.36. The van der Waals surface area contributed by atoms with Crippen molar-refractivity contribution in [3.63, 3.8) is 0 Å². The summed E-state index contributed by atoms with van der Waals surface area (Å²) in [5.74, 6) is 1.10. The highest BCUT2D eigenvalue weighted by atomic mass is 32.1. The highest BCUT2D eigenvalue weighted by Crippen LogP contribution is 2.38. The van der Waals surface area contributed by atoms with Gasteiger partial charge >= 0.3 is 0 Å². The molecule has 3 rings (SSSR count). The quantitative estimate of drug-likeness (QED) is 0.792. The second-order valence-corrected chi connectivity index (χ2v) is 7.46. The molecule has 0 aromatic carbocycles. The van der Waals surface area contributed by atoms with Gasteiger partial charge in [-0.25, -0.2) is 0 Å². The number of hydrogen-bond donors (Lipinski definition) is 1. The van der Waals surface area contributed by atoms with Crippen LogP contribution in [-0.4, -0.2) is 54.3 Å². The monoisotopic (exact) mass is 282 g/mol. The third kappa shape index (κ3) is 3.30. The highest BCUT2D eigenvalue weighted by molar-refractivity contribution is 7.80. The molecule has 1 atom stereocenters. The average Bonchev–Trinajstić information content (AvgIpc) is 3.10. The van der Waals surface area contributed by atoms with Crippen molar-refractivity contribution in [3.05, 3.63) is 0 Å². The Morgan fingerprint density at radius 2 is 1.68 bits per heavy atom. The topological polar surface area (TPSA) is 6.48 Å². The van der Waals surface area contributed by atoms with Gasteiger partial charge in [0.15, 0.2) is 0 Å². The van der Waals surface area contributed by atoms with Crippen molar-refractivity contribution in [2.45, 2.75) is 57.4 Å². The summed E-state index contributed by atoms with van der Waals surface area (Å²) in [5.41, 5.74) is 0.543. The maximum atomic E-state index is 4.69. The van der Waals surface area contributed by atoms with Crippen LogP contribution in [0.5, 0.6) is 0 Å². The Balaban J connectivity index is 1.52. The Morgan fingerprint density at radius 3 is 2.37 bits per heavy atom. The van der Waals surface area contributed by atoms with Crippen molar-refractivity contribution < 1.29 is 0 Å². The Hall–Kier alpha value is 0.270. The van der Waals surface area contributed by atoms with E-state index in [4.69, 9.17) is 12.6 Å². The van der Waals surface area contributed by atoms with Gasteiger partial charge in [-0.05, 0) is 62.9 Å². The minimum atomic E-state index is 0.543. The molecule has 3 fully saturated rings. The van der Waals surface area contributed by atoms with E-state index in [1.807, 2.05) is 0 Å². The molecule has 0 N–H and O–H groups in total. The van der Waals surface area contributed by atoms with Gasteiger partial charge in [-0.1, -0.05) is 19.3 Å². The average molecular weight is 282 g/mol. The van der Waals surface area contributed by atoms with E-state index in [1.165, 1.54) is 84.1 Å². The number of thiol groups is 1. The maximum absolute atomic E-state index is 4.69. The molecule has 19 heavy (non-hydrogen) atoms. The lowest BCUT2D eigenvalue weighted by Gasteiger charge is -2.39. The van der Waals surface area contributed by atoms with E-state index in [9.17, 15) is 0 Å². The summed E-state index contributed by atoms with van der Waals surface area (Å²) in [5, 5.41) is 0. The molecule has 1 unspecified atom stereocenters. The van der Waals surface area contributed by atoms with Crippen LogP contribution in [0.4, 0.5) is 0 Å². The van der Waals surface area contributed by atoms with Gasteiger partial charge in [-0.15, -0.1) is 0 Å². The van der Waals surface area contributed by atoms with Crippen molar-refractivity contribution in [2.75, 3.05) is 38.5 Å². The Morgan fingerprint density at radius 1 is 0.947 bits per heavy atom. The zero-order valence-corrected chi connectivity index (χ0v) is 13.2. The molecule has 0 bridgehead atoms. The minimum Gasteiger partial charge on any atom is -0.301 e. The molecule has 2 saturated heterocycles. The fourth-order valence-electron chi connectivity index (χ4n) is 4.50. The molecule has 2 nitrogen and oxygen atoms in total. The first kappa shape index (κ1) is 14.2. The highest BCUT2D eigenvalue weighted by Gasteiger charge is 2.36. The van der Waals surface area contributed by atoms with Gasteiger partial charge in [0.1, 0.15) is 0 Å². The predicted molar refractivity (Wildman–Crippen MR) is 85.0 cm³/mol. The fraction of sp³-hybridized carbons (Fsp3) is 1.00. The number of hydrogen-bond acceptors (Lipinski definition) is 3. The third-order valence-corrected chi connectivity index (χ3v) is 6.38. The van der Waals surface area contributed by atoms with E-state index >= 15 is 0 Å². The molecule has 0 amide bonds. The van der Waals surface area contributed by atoms with Gasteiger partial charge < -0.3 is 4.90 Å². The van der Waals surface area contributed by atoms with Gasteiger partial charge in [-0.2, -0.15) is 12.6 Å². The SMILES string of the molecule is SCC1(CN2CCC(N3CCCC3)C2)CCCCC1. The molecule has 3 heteroatoms. The van der Waals surface area contributed by atoms with Crippen molar-refractivity contribution in [2.24, 2.45) is 5.41 Å². The molecule has 0 aromatic rings. The van der Waals surface area contributed by atoms with E-state index in [-0.39, 0.29) is 0 Å². The molecule has 0 radical (unpaired) electrons. The van der Waals surface area contributed by atoms with Crippen molar-refractivity contribution in [1.82, 2.24) is 9.80 Å². The summed E-state index contributed by atoms with van der Waals surface area (Å²) in [6, 6.07) is 0.864. The number of nitrogens with zero attached hydrogens (tertiary/aromatic N) is 2. The maximum Gasteiger partial charge on any atom is 0.0235 e. The second-order valence-electron chi connectivity index (χ2n) is 7.14. The fourth-order valence-corrected chi connectivity index (χ4v) is 4.92. The number of rotatable bonds is 4. The van der Waals surface area contributed by atoms with Crippen LogP contribution in [0.3, 0.4) is 0 Å². The summed E-state index contributed by atoms with van der Waals surface area (Å²) >= 11 is 4.69. The zero-order valence-electron chi connectivity index (χ0n) is 12.3. The first-order valence-electron chi connectivity index (χ1n) is 8.39. The van der Waals surface area contributed by atoms with Crippen molar-refractivity contribution in [1.29, 1.82) is 0 Å². The van der Waals surface area contributed by atoms with Gasteiger partial charge in [0, 0.05) is 19.1 Å². The van der Waals surface area contributed by atoms with Crippen LogP contribution in [0.1, 0.15) is 51.4 Å². The minimum absolute atomic E-state index is 0.543. The molecule has 0 spiro atoms. The van der Waals surface area contributed by atoms with Gasteiger partial charge in [-0.3, -0.25) is 4.90 Å². The van der Waals surface area contributed by atoms with Crippen LogP contribution in [0.15, 0.2) is 0 Å². The summed E-state index contributed by atoms with van der Waals surface area (Å²) in [4.78, 5) is 5.50. The molecular formula is C16H30N2S. The van der Waals surface area contributed by atoms with Crippen LogP contribution in [0.2, 0.25) is 0 Å². The number of likely N-dealkylation sites (tertiary alicyclic amines) is 2. The Kier molecular flexibility index (Phi) is 4.76. The van der Waals surface area contributed by atoms with Gasteiger partial charge in [0.25, 0.3) is 0 Å². The van der Waals surface area contributed by atoms with Crippen LogP contribution in [0, 0.1) is 5.41 Å². The normalized spacial score (nSPS) is 33.0. The lowest BCUT2D eigenvalue weighted by Crippen LogP contribution is -2.41. The van der Waals surface area contributed by atoms with Gasteiger partial charge in [0.2, 0.25) is 0 Å². The molecule has 0 aromatic heterocycles. The lowest BCUT2D eigenvalue weighted by atomic mass is 9.75. The first-order chi connectivity index (χ1) is 9.31. The van der Waals surface area contributed by atoms with Crippen molar-refractivity contribution in [3.8, 4) is 0 Å². The summed E-state index contributed by atoms with van der Waals surface area (Å²) in [6.07, 6.45) is 11.4. The van der Waals surface area contributed by atoms with Crippen LogP contribution >= 0.6 is 12.6 Å². The Labute approximate surface area is 124 Å². The standard InChI is InChI=1S/C16H30N2S/c19-14-16(7-2-1-3-8-16)13-17-11-6-15(12-17)18-9-4-5-10-18/h15,19H,1-14H2. The van der Waals surface area contributed by atoms with E-state index in [0.717, 1.165) is 11.8 Å². The summed E-state index contributed by atoms with van der Waals surface area (Å²) in [6.45, 7) is 6.69. The summed E-state index contributed by atoms with van der Waals surface area (Å²) < 4.78 is 0. The smallest absolute Gasteiger partial charge is 0.0235 e. The molecule has 110 valence electrons. The first-order valence-corrected chi connectivity index (χ1v) is 9.02. The van der Waals surface area contributed by atoms with Crippen LogP contribution in [0.25, 0.3) is 0 Å². The largest absolute Gasteiger partial charge is 0.301 e. The van der Waals surface area contributed by atoms with E-state index in [1.54, 1.807) is 0 Å². The van der Waals surface area contributed by atoms with Crippen molar-refractivity contribution >= 4 is 12.6 Å². The predicted octanol–water partition coefficient (Wildman–Crippen LogP) is 3.04. The van der Waals surface area contributed by atoms with Gasteiger partial charge in [0.05, 0.1) is 0 Å². The van der Waals surface area contributed by atoms with Crippen LogP contribution < -0.4 is 0 Å². The molecular weight excluding hydrogens is 252 g/mol. The van der Waals surface area contributed by atoms with E-state index in [0.29, 0.717) is 5.41 Å². The Bertz CT molecular complexity index is 282. The van der Waals surface area contributed by atoms with E-state index in [2.05, 4.69) is 9.80 Å². The molecule has 3 aliphatic rings. The lowest BCUT2D eigenvalue weighted by molar-refractivity contribution is 0.135. The molecule has 2 aliphatic heterocycles. The molecule has 1 aliphatic carbocycles. The zero-order chi connectivity index (χ0) is 13.1. The third-order valence-electron chi connectivity index (χ3n) is 5.71. The molecule has 2 heterocycles. The summed E-state index contributed by atoms with van der Waals surface area (Å²) in [7, 11) is 0. The van der Waals surface area contributed by atoms with E-state index < -0.39 is 0 Å². The van der Waals surface area contributed by atoms with Crippen LogP contribution in [-0.2, 0) is 0 Å².